The monoisotopic (exact) mass is 353 g/mol. The van der Waals surface area contributed by atoms with Crippen LogP contribution in [0.1, 0.15) is 25.8 Å². The fourth-order valence-corrected chi connectivity index (χ4v) is 2.97. The lowest BCUT2D eigenvalue weighted by Gasteiger charge is -2.16. The summed E-state index contributed by atoms with van der Waals surface area (Å²) in [5.74, 6) is 0.811. The summed E-state index contributed by atoms with van der Waals surface area (Å²) < 4.78 is 36.5. The molecule has 0 fully saturated rings. The van der Waals surface area contributed by atoms with Crippen LogP contribution >= 0.6 is 0 Å². The Labute approximate surface area is 141 Å². The second kappa shape index (κ2) is 9.05. The van der Waals surface area contributed by atoms with Gasteiger partial charge in [0, 0.05) is 5.56 Å². The average Bonchev–Trinajstić information content (AvgIpc) is 2.54. The standard InChI is InChI=1S/C16H19NO6S/c1-4-12-7-9-13(10-8-12)24(20,21)17-14(16(19)23-6-3)11-15(18)22-5-2/h1,7-10,14,17H,5-6,11H2,2-3H3/t14-/m0/s1. The molecule has 0 amide bonds. The number of ether oxygens (including phenoxy) is 2. The Bertz CT molecular complexity index is 718. The summed E-state index contributed by atoms with van der Waals surface area (Å²) >= 11 is 0. The van der Waals surface area contributed by atoms with E-state index in [-0.39, 0.29) is 18.1 Å². The number of nitrogens with one attached hydrogen (secondary N) is 1. The Morgan fingerprint density at radius 2 is 1.75 bits per heavy atom. The molecule has 0 saturated heterocycles. The molecule has 0 aliphatic rings. The maximum Gasteiger partial charge on any atom is 0.324 e. The lowest BCUT2D eigenvalue weighted by molar-refractivity contribution is -0.151. The predicted molar refractivity (Wildman–Crippen MR) is 86.4 cm³/mol. The van der Waals surface area contributed by atoms with Crippen LogP contribution in [-0.4, -0.2) is 39.6 Å². The summed E-state index contributed by atoms with van der Waals surface area (Å²) in [5.41, 5.74) is 0.516. The number of rotatable bonds is 8. The molecule has 0 aromatic heterocycles. The van der Waals surface area contributed by atoms with E-state index in [1.165, 1.54) is 24.3 Å². The molecule has 24 heavy (non-hydrogen) atoms. The van der Waals surface area contributed by atoms with Crippen molar-refractivity contribution in [2.75, 3.05) is 13.2 Å². The smallest absolute Gasteiger partial charge is 0.324 e. The van der Waals surface area contributed by atoms with Crippen LogP contribution in [0.25, 0.3) is 0 Å². The van der Waals surface area contributed by atoms with Crippen LogP contribution in [0, 0.1) is 12.3 Å². The highest BCUT2D eigenvalue weighted by molar-refractivity contribution is 7.89. The first-order valence-corrected chi connectivity index (χ1v) is 8.73. The maximum absolute atomic E-state index is 12.4. The number of terminal acetylenes is 1. The Morgan fingerprint density at radius 3 is 2.25 bits per heavy atom. The molecule has 0 heterocycles. The van der Waals surface area contributed by atoms with Crippen LogP contribution in [0.2, 0.25) is 0 Å². The minimum atomic E-state index is -4.04. The summed E-state index contributed by atoms with van der Waals surface area (Å²) in [6.45, 7) is 3.35. The third kappa shape index (κ3) is 5.68. The highest BCUT2D eigenvalue weighted by Gasteiger charge is 2.29. The molecule has 0 saturated carbocycles. The molecule has 7 nitrogen and oxygen atoms in total. The molecular formula is C16H19NO6S. The van der Waals surface area contributed by atoms with Gasteiger partial charge in [0.15, 0.2) is 0 Å². The topological polar surface area (TPSA) is 98.8 Å². The SMILES string of the molecule is C#Cc1ccc(S(=O)(=O)N[C@@H](CC(=O)OCC)C(=O)OCC)cc1. The molecule has 0 aliphatic heterocycles. The molecule has 0 radical (unpaired) electrons. The quantitative estimate of drug-likeness (QED) is 0.549. The van der Waals surface area contributed by atoms with E-state index in [9.17, 15) is 18.0 Å². The molecule has 8 heteroatoms. The van der Waals surface area contributed by atoms with E-state index in [0.717, 1.165) is 0 Å². The van der Waals surface area contributed by atoms with Crippen molar-refractivity contribution in [3.63, 3.8) is 0 Å². The van der Waals surface area contributed by atoms with E-state index >= 15 is 0 Å². The highest BCUT2D eigenvalue weighted by atomic mass is 32.2. The van der Waals surface area contributed by atoms with Crippen LogP contribution in [-0.2, 0) is 29.1 Å². The molecule has 130 valence electrons. The molecule has 1 aromatic rings. The highest BCUT2D eigenvalue weighted by Crippen LogP contribution is 2.12. The molecule has 0 spiro atoms. The minimum Gasteiger partial charge on any atom is -0.466 e. The molecule has 0 unspecified atom stereocenters. The zero-order valence-corrected chi connectivity index (χ0v) is 14.3. The zero-order valence-electron chi connectivity index (χ0n) is 13.4. The lowest BCUT2D eigenvalue weighted by atomic mass is 10.2. The van der Waals surface area contributed by atoms with E-state index in [4.69, 9.17) is 15.9 Å². The minimum absolute atomic E-state index is 0.0523. The van der Waals surface area contributed by atoms with Crippen molar-refractivity contribution in [1.82, 2.24) is 4.72 Å². The van der Waals surface area contributed by atoms with Crippen molar-refractivity contribution in [3.05, 3.63) is 29.8 Å². The number of carbonyl (C=O) groups excluding carboxylic acids is 2. The molecule has 0 bridgehead atoms. The summed E-state index contributed by atoms with van der Waals surface area (Å²) in [7, 11) is -4.04. The van der Waals surface area contributed by atoms with Crippen LogP contribution in [0.3, 0.4) is 0 Å². The molecule has 1 aromatic carbocycles. The van der Waals surface area contributed by atoms with Gasteiger partial charge >= 0.3 is 11.9 Å². The summed E-state index contributed by atoms with van der Waals surface area (Å²) in [4.78, 5) is 23.4. The van der Waals surface area contributed by atoms with Gasteiger partial charge in [0.25, 0.3) is 0 Å². The van der Waals surface area contributed by atoms with E-state index in [0.29, 0.717) is 5.56 Å². The molecule has 0 aliphatic carbocycles. The first-order valence-electron chi connectivity index (χ1n) is 7.25. The van der Waals surface area contributed by atoms with Gasteiger partial charge in [-0.3, -0.25) is 9.59 Å². The third-order valence-electron chi connectivity index (χ3n) is 2.88. The van der Waals surface area contributed by atoms with Crippen LogP contribution in [0.5, 0.6) is 0 Å². The van der Waals surface area contributed by atoms with E-state index in [1.807, 2.05) is 0 Å². The fourth-order valence-electron chi connectivity index (χ4n) is 1.79. The number of esters is 2. The number of carbonyl (C=O) groups is 2. The lowest BCUT2D eigenvalue weighted by Crippen LogP contribution is -2.43. The largest absolute Gasteiger partial charge is 0.466 e. The zero-order chi connectivity index (χ0) is 18.2. The Morgan fingerprint density at radius 1 is 1.17 bits per heavy atom. The third-order valence-corrected chi connectivity index (χ3v) is 4.36. The van der Waals surface area contributed by atoms with E-state index in [2.05, 4.69) is 10.6 Å². The predicted octanol–water partition coefficient (Wildman–Crippen LogP) is 0.831. The fraction of sp³-hybridized carbons (Fsp3) is 0.375. The molecule has 1 N–H and O–H groups in total. The van der Waals surface area contributed by atoms with Crippen molar-refractivity contribution in [3.8, 4) is 12.3 Å². The van der Waals surface area contributed by atoms with Gasteiger partial charge in [0.2, 0.25) is 10.0 Å². The number of sulfonamides is 1. The van der Waals surface area contributed by atoms with E-state index in [1.54, 1.807) is 13.8 Å². The molecule has 1 atom stereocenters. The van der Waals surface area contributed by atoms with Gasteiger partial charge in [-0.2, -0.15) is 4.72 Å². The van der Waals surface area contributed by atoms with Gasteiger partial charge in [-0.25, -0.2) is 8.42 Å². The van der Waals surface area contributed by atoms with Crippen molar-refractivity contribution in [1.29, 1.82) is 0 Å². The van der Waals surface area contributed by atoms with Gasteiger partial charge in [-0.1, -0.05) is 5.92 Å². The van der Waals surface area contributed by atoms with Crippen LogP contribution < -0.4 is 4.72 Å². The maximum atomic E-state index is 12.4. The van der Waals surface area contributed by atoms with Gasteiger partial charge in [-0.05, 0) is 38.1 Å². The number of benzene rings is 1. The second-order valence-electron chi connectivity index (χ2n) is 4.60. The number of hydrogen-bond acceptors (Lipinski definition) is 6. The normalized spacial score (nSPS) is 12.0. The van der Waals surface area contributed by atoms with Gasteiger partial charge < -0.3 is 9.47 Å². The first-order chi connectivity index (χ1) is 11.3. The van der Waals surface area contributed by atoms with Gasteiger partial charge in [0.1, 0.15) is 6.04 Å². The summed E-state index contributed by atoms with van der Waals surface area (Å²) in [5, 5.41) is 0. The van der Waals surface area contributed by atoms with Gasteiger partial charge in [0.05, 0.1) is 24.5 Å². The Balaban J connectivity index is 2.99. The Kier molecular flexibility index (Phi) is 7.42. The van der Waals surface area contributed by atoms with Crippen molar-refractivity contribution >= 4 is 22.0 Å². The van der Waals surface area contributed by atoms with Crippen molar-refractivity contribution in [2.45, 2.75) is 31.2 Å². The number of hydrogen-bond donors (Lipinski definition) is 1. The van der Waals surface area contributed by atoms with Gasteiger partial charge in [-0.15, -0.1) is 6.42 Å². The van der Waals surface area contributed by atoms with Crippen LogP contribution in [0.4, 0.5) is 0 Å². The molecule has 1 rings (SSSR count). The summed E-state index contributed by atoms with van der Waals surface area (Å²) in [6, 6.07) is 4.16. The molecular weight excluding hydrogens is 334 g/mol. The van der Waals surface area contributed by atoms with E-state index < -0.39 is 34.4 Å². The van der Waals surface area contributed by atoms with Crippen molar-refractivity contribution < 1.29 is 27.5 Å². The summed E-state index contributed by atoms with van der Waals surface area (Å²) in [6.07, 6.45) is 4.75. The Hall–Kier alpha value is -2.37. The first kappa shape index (κ1) is 19.7. The van der Waals surface area contributed by atoms with Crippen molar-refractivity contribution in [2.24, 2.45) is 0 Å². The second-order valence-corrected chi connectivity index (χ2v) is 6.32. The van der Waals surface area contributed by atoms with Crippen LogP contribution in [0.15, 0.2) is 29.2 Å². The average molecular weight is 353 g/mol.